The highest BCUT2D eigenvalue weighted by atomic mass is 16.6. The van der Waals surface area contributed by atoms with Gasteiger partial charge in [-0.2, -0.15) is 0 Å². The number of cyclic esters (lactones) is 1. The molecule has 0 radical (unpaired) electrons. The second-order valence-corrected chi connectivity index (χ2v) is 11.3. The van der Waals surface area contributed by atoms with Gasteiger partial charge in [-0.25, -0.2) is 14.7 Å². The van der Waals surface area contributed by atoms with Crippen LogP contribution in [0.4, 0.5) is 4.79 Å². The first kappa shape index (κ1) is 31.9. The monoisotopic (exact) mass is 612 g/mol. The molecule has 1 aliphatic heterocycles. The van der Waals surface area contributed by atoms with Crippen molar-refractivity contribution < 1.29 is 33.3 Å². The number of oxazole rings is 1. The average Bonchev–Trinajstić information content (AvgIpc) is 3.60. The highest BCUT2D eigenvalue weighted by Gasteiger charge is 2.43. The van der Waals surface area contributed by atoms with E-state index < -0.39 is 30.3 Å². The summed E-state index contributed by atoms with van der Waals surface area (Å²) in [5, 5.41) is 11.5. The molecule has 3 aromatic carbocycles. The Kier molecular flexibility index (Phi) is 10.3. The molecule has 4 aromatic rings. The number of imide groups is 1. The van der Waals surface area contributed by atoms with Crippen LogP contribution in [0.5, 0.6) is 5.75 Å². The molecule has 236 valence electrons. The van der Waals surface area contributed by atoms with Crippen LogP contribution in [0, 0.1) is 20.8 Å². The maximum atomic E-state index is 13.8. The minimum Gasteiger partial charge on any atom is -0.493 e. The zero-order chi connectivity index (χ0) is 31.9. The van der Waals surface area contributed by atoms with E-state index in [0.29, 0.717) is 43.1 Å². The normalized spacial score (nSPS) is 16.0. The van der Waals surface area contributed by atoms with Gasteiger partial charge < -0.3 is 23.7 Å². The lowest BCUT2D eigenvalue weighted by Gasteiger charge is -2.28. The molecule has 1 saturated heterocycles. The summed E-state index contributed by atoms with van der Waals surface area (Å²) in [6.07, 6.45) is -1.68. The summed E-state index contributed by atoms with van der Waals surface area (Å²) in [7, 11) is 0. The van der Waals surface area contributed by atoms with E-state index in [0.717, 1.165) is 38.6 Å². The number of aliphatic hydroxyl groups is 1. The molecule has 45 heavy (non-hydrogen) atoms. The first-order chi connectivity index (χ1) is 21.8. The van der Waals surface area contributed by atoms with E-state index in [-0.39, 0.29) is 13.2 Å². The SMILES string of the molecule is CCCO[C@H](C(=O)N1C(=O)OC[C@@H]1Cc1ccccc1)[C@H](O)c1cc(C)c(OCCc2nc(-c3ccccc3)oc2C)c(C)c1. The van der Waals surface area contributed by atoms with Gasteiger partial charge in [-0.15, -0.1) is 0 Å². The molecule has 3 atom stereocenters. The first-order valence-corrected chi connectivity index (χ1v) is 15.4. The van der Waals surface area contributed by atoms with Crippen LogP contribution >= 0.6 is 0 Å². The minimum atomic E-state index is -1.31. The molecule has 9 nitrogen and oxygen atoms in total. The van der Waals surface area contributed by atoms with Crippen molar-refractivity contribution in [1.82, 2.24) is 9.88 Å². The van der Waals surface area contributed by atoms with E-state index in [4.69, 9.17) is 18.6 Å². The number of carbonyl (C=O) groups excluding carboxylic acids is 2. The molecule has 0 bridgehead atoms. The standard InChI is InChI=1S/C36H40N2O7/c1-5-17-42-33(35(40)38-29(22-44-36(38)41)21-26-12-8-6-9-13-26)31(39)28-19-23(2)32(24(3)20-28)43-18-16-30-25(4)45-34(37-30)27-14-10-7-11-15-27/h6-15,19-20,29,31,33,39H,5,16-18,21-22H2,1-4H3/t29-,31+,33-/m0/s1. The number of rotatable bonds is 13. The van der Waals surface area contributed by atoms with Gasteiger partial charge in [0.1, 0.15) is 24.2 Å². The molecule has 0 aliphatic carbocycles. The van der Waals surface area contributed by atoms with Gasteiger partial charge in [0.05, 0.1) is 18.3 Å². The van der Waals surface area contributed by atoms with Crippen LogP contribution in [0.25, 0.3) is 11.5 Å². The van der Waals surface area contributed by atoms with E-state index in [1.165, 1.54) is 0 Å². The summed E-state index contributed by atoms with van der Waals surface area (Å²) < 4.78 is 23.2. The maximum Gasteiger partial charge on any atom is 0.417 e. The summed E-state index contributed by atoms with van der Waals surface area (Å²) >= 11 is 0. The number of amides is 2. The molecular weight excluding hydrogens is 572 g/mol. The highest BCUT2D eigenvalue weighted by Crippen LogP contribution is 2.32. The van der Waals surface area contributed by atoms with E-state index >= 15 is 0 Å². The molecule has 2 heterocycles. The number of aromatic nitrogens is 1. The number of aliphatic hydroxyl groups excluding tert-OH is 1. The van der Waals surface area contributed by atoms with Gasteiger partial charge in [0, 0.05) is 18.6 Å². The molecule has 0 spiro atoms. The Morgan fingerprint density at radius 2 is 1.69 bits per heavy atom. The van der Waals surface area contributed by atoms with Crippen LogP contribution in [-0.4, -0.2) is 59.0 Å². The van der Waals surface area contributed by atoms with Gasteiger partial charge in [0.15, 0.2) is 6.10 Å². The second kappa shape index (κ2) is 14.5. The van der Waals surface area contributed by atoms with Crippen molar-refractivity contribution in [3.05, 3.63) is 107 Å². The molecule has 1 fully saturated rings. The van der Waals surface area contributed by atoms with E-state index in [9.17, 15) is 14.7 Å². The second-order valence-electron chi connectivity index (χ2n) is 11.3. The fourth-order valence-corrected chi connectivity index (χ4v) is 5.62. The lowest BCUT2D eigenvalue weighted by molar-refractivity contribution is -0.150. The van der Waals surface area contributed by atoms with Gasteiger partial charge in [0.25, 0.3) is 5.91 Å². The number of hydrogen-bond donors (Lipinski definition) is 1. The Balaban J connectivity index is 1.29. The number of hydrogen-bond acceptors (Lipinski definition) is 8. The lowest BCUT2D eigenvalue weighted by atomic mass is 9.97. The fourth-order valence-electron chi connectivity index (χ4n) is 5.62. The molecular formula is C36H40N2O7. The number of nitrogens with zero attached hydrogens (tertiary/aromatic N) is 2. The van der Waals surface area contributed by atoms with Gasteiger partial charge >= 0.3 is 6.09 Å². The van der Waals surface area contributed by atoms with Crippen LogP contribution in [0.3, 0.4) is 0 Å². The molecule has 1 aromatic heterocycles. The van der Waals surface area contributed by atoms with Gasteiger partial charge in [-0.05, 0) is 80.1 Å². The Morgan fingerprint density at radius 1 is 1.02 bits per heavy atom. The van der Waals surface area contributed by atoms with Crippen LogP contribution < -0.4 is 4.74 Å². The highest BCUT2D eigenvalue weighted by molar-refractivity contribution is 5.96. The number of aryl methyl sites for hydroxylation is 3. The third-order valence-corrected chi connectivity index (χ3v) is 7.87. The molecule has 5 rings (SSSR count). The predicted molar refractivity (Wildman–Crippen MR) is 169 cm³/mol. The lowest BCUT2D eigenvalue weighted by Crippen LogP contribution is -2.48. The van der Waals surface area contributed by atoms with Crippen molar-refractivity contribution in [2.24, 2.45) is 0 Å². The zero-order valence-electron chi connectivity index (χ0n) is 26.2. The van der Waals surface area contributed by atoms with Crippen molar-refractivity contribution in [1.29, 1.82) is 0 Å². The number of ether oxygens (including phenoxy) is 3. The summed E-state index contributed by atoms with van der Waals surface area (Å²) in [6.45, 7) is 8.31. The fraction of sp³-hybridized carbons (Fsp3) is 0.361. The van der Waals surface area contributed by atoms with Crippen LogP contribution in [0.1, 0.15) is 53.2 Å². The van der Waals surface area contributed by atoms with E-state index in [1.54, 1.807) is 12.1 Å². The van der Waals surface area contributed by atoms with E-state index in [2.05, 4.69) is 4.98 Å². The van der Waals surface area contributed by atoms with Crippen molar-refractivity contribution in [3.8, 4) is 17.2 Å². The van der Waals surface area contributed by atoms with Gasteiger partial charge in [-0.3, -0.25) is 4.79 Å². The predicted octanol–water partition coefficient (Wildman–Crippen LogP) is 6.31. The Hall–Kier alpha value is -4.47. The summed E-state index contributed by atoms with van der Waals surface area (Å²) in [5.74, 6) is 1.41. The van der Waals surface area contributed by atoms with Crippen molar-refractivity contribution >= 4 is 12.0 Å². The first-order valence-electron chi connectivity index (χ1n) is 15.4. The maximum absolute atomic E-state index is 13.8. The molecule has 1 aliphatic rings. The van der Waals surface area contributed by atoms with Crippen molar-refractivity contribution in [2.75, 3.05) is 19.8 Å². The number of carbonyl (C=O) groups is 2. The van der Waals surface area contributed by atoms with Crippen molar-refractivity contribution in [3.63, 3.8) is 0 Å². The summed E-state index contributed by atoms with van der Waals surface area (Å²) in [6, 6.07) is 22.5. The number of benzene rings is 3. The topological polar surface area (TPSA) is 111 Å². The quantitative estimate of drug-likeness (QED) is 0.187. The smallest absolute Gasteiger partial charge is 0.417 e. The average molecular weight is 613 g/mol. The largest absolute Gasteiger partial charge is 0.493 e. The van der Waals surface area contributed by atoms with E-state index in [1.807, 2.05) is 88.4 Å². The summed E-state index contributed by atoms with van der Waals surface area (Å²) in [5.41, 5.74) is 4.82. The minimum absolute atomic E-state index is 0.0851. The Labute approximate surface area is 263 Å². The molecule has 0 unspecified atom stereocenters. The van der Waals surface area contributed by atoms with Gasteiger partial charge in [-0.1, -0.05) is 55.5 Å². The molecule has 9 heteroatoms. The van der Waals surface area contributed by atoms with Gasteiger partial charge in [0.2, 0.25) is 5.89 Å². The third kappa shape index (κ3) is 7.44. The van der Waals surface area contributed by atoms with Crippen LogP contribution in [-0.2, 0) is 27.1 Å². The molecule has 1 N–H and O–H groups in total. The Morgan fingerprint density at radius 3 is 2.36 bits per heavy atom. The Bertz CT molecular complexity index is 1580. The van der Waals surface area contributed by atoms with Crippen molar-refractivity contribution in [2.45, 2.75) is 65.2 Å². The zero-order valence-corrected chi connectivity index (χ0v) is 26.2. The molecule has 2 amide bonds. The molecule has 0 saturated carbocycles. The summed E-state index contributed by atoms with van der Waals surface area (Å²) in [4.78, 5) is 32.3. The van der Waals surface area contributed by atoms with Crippen LogP contribution in [0.2, 0.25) is 0 Å². The van der Waals surface area contributed by atoms with Crippen LogP contribution in [0.15, 0.2) is 77.2 Å². The third-order valence-electron chi connectivity index (χ3n) is 7.87.